The Labute approximate surface area is 194 Å². The molecule has 1 fully saturated rings. The van der Waals surface area contributed by atoms with Crippen LogP contribution in [-0.2, 0) is 0 Å². The Morgan fingerprint density at radius 1 is 1.24 bits per heavy atom. The number of para-hydroxylation sites is 1. The maximum atomic E-state index is 13.4. The van der Waals surface area contributed by atoms with E-state index in [1.165, 1.54) is 12.1 Å². The fourth-order valence-corrected chi connectivity index (χ4v) is 4.20. The third-order valence-corrected chi connectivity index (χ3v) is 5.94. The lowest BCUT2D eigenvalue weighted by molar-refractivity contribution is -0.383. The van der Waals surface area contributed by atoms with Gasteiger partial charge in [-0.1, -0.05) is 28.9 Å². The maximum absolute atomic E-state index is 13.4. The number of methoxy groups -OCH3 is 1. The molecule has 0 radical (unpaired) electrons. The lowest BCUT2D eigenvalue weighted by Gasteiger charge is -2.36. The van der Waals surface area contributed by atoms with Crippen molar-refractivity contribution in [3.05, 3.63) is 62.9 Å². The number of carbonyl (C=O) groups is 1. The normalized spacial score (nSPS) is 13.8. The molecule has 0 bridgehead atoms. The van der Waals surface area contributed by atoms with Gasteiger partial charge in [0.1, 0.15) is 28.5 Å². The minimum absolute atomic E-state index is 0.0412. The average molecular weight is 472 g/mol. The summed E-state index contributed by atoms with van der Waals surface area (Å²) in [5.41, 5.74) is 7.74. The average Bonchev–Trinajstić information content (AvgIpc) is 3.20. The molecule has 172 valence electrons. The molecule has 0 aliphatic carbocycles. The van der Waals surface area contributed by atoms with Gasteiger partial charge in [0.25, 0.3) is 11.6 Å². The third-order valence-electron chi connectivity index (χ3n) is 5.64. The number of hydrogen-bond donors (Lipinski definition) is 1. The van der Waals surface area contributed by atoms with Crippen LogP contribution in [0.3, 0.4) is 0 Å². The van der Waals surface area contributed by atoms with E-state index in [2.05, 4.69) is 5.16 Å². The first-order valence-corrected chi connectivity index (χ1v) is 10.6. The summed E-state index contributed by atoms with van der Waals surface area (Å²) in [5.74, 6) is 0.827. The number of rotatable bonds is 5. The van der Waals surface area contributed by atoms with Crippen molar-refractivity contribution in [3.63, 3.8) is 0 Å². The lowest BCUT2D eigenvalue weighted by Crippen LogP contribution is -2.49. The number of amides is 1. The molecule has 33 heavy (non-hydrogen) atoms. The molecule has 10 nitrogen and oxygen atoms in total. The van der Waals surface area contributed by atoms with Crippen molar-refractivity contribution in [1.29, 1.82) is 0 Å². The van der Waals surface area contributed by atoms with Gasteiger partial charge in [-0.2, -0.15) is 0 Å². The Hall–Kier alpha value is -3.79. The summed E-state index contributed by atoms with van der Waals surface area (Å²) >= 11 is 6.28. The molecule has 1 amide bonds. The monoisotopic (exact) mass is 471 g/mol. The zero-order valence-corrected chi connectivity index (χ0v) is 18.8. The first-order valence-electron chi connectivity index (χ1n) is 10.2. The summed E-state index contributed by atoms with van der Waals surface area (Å²) < 4.78 is 10.8. The molecule has 1 aliphatic heterocycles. The van der Waals surface area contributed by atoms with Crippen LogP contribution in [0.25, 0.3) is 11.3 Å². The largest absolute Gasteiger partial charge is 0.496 e. The second kappa shape index (κ2) is 8.99. The Morgan fingerprint density at radius 2 is 1.94 bits per heavy atom. The van der Waals surface area contributed by atoms with E-state index in [4.69, 9.17) is 26.6 Å². The molecule has 1 aliphatic rings. The van der Waals surface area contributed by atoms with Gasteiger partial charge < -0.3 is 24.8 Å². The van der Waals surface area contributed by atoms with Gasteiger partial charge in [0.15, 0.2) is 0 Å². The molecular formula is C22H22ClN5O5. The van der Waals surface area contributed by atoms with Crippen molar-refractivity contribution >= 4 is 34.6 Å². The van der Waals surface area contributed by atoms with E-state index < -0.39 is 4.92 Å². The van der Waals surface area contributed by atoms with Crippen LogP contribution in [0.2, 0.25) is 5.02 Å². The van der Waals surface area contributed by atoms with Crippen LogP contribution in [0.5, 0.6) is 5.75 Å². The second-order valence-electron chi connectivity index (χ2n) is 7.56. The van der Waals surface area contributed by atoms with E-state index in [9.17, 15) is 14.9 Å². The van der Waals surface area contributed by atoms with Crippen molar-refractivity contribution < 1.29 is 19.0 Å². The Balaban J connectivity index is 1.54. The van der Waals surface area contributed by atoms with E-state index in [0.29, 0.717) is 60.2 Å². The maximum Gasteiger partial charge on any atom is 0.293 e. The van der Waals surface area contributed by atoms with Crippen molar-refractivity contribution in [2.75, 3.05) is 43.9 Å². The third kappa shape index (κ3) is 4.17. The molecule has 2 N–H and O–H groups in total. The number of nitrogens with zero attached hydrogens (tertiary/aromatic N) is 4. The molecule has 4 rings (SSSR count). The van der Waals surface area contributed by atoms with Gasteiger partial charge in [-0.15, -0.1) is 0 Å². The number of anilines is 2. The molecule has 1 aromatic heterocycles. The highest BCUT2D eigenvalue weighted by Gasteiger charge is 2.30. The topological polar surface area (TPSA) is 128 Å². The number of aromatic nitrogens is 1. The summed E-state index contributed by atoms with van der Waals surface area (Å²) in [4.78, 5) is 27.6. The first-order chi connectivity index (χ1) is 15.8. The number of nitrogens with two attached hydrogens (primary N) is 1. The van der Waals surface area contributed by atoms with Crippen LogP contribution >= 0.6 is 11.6 Å². The van der Waals surface area contributed by atoms with Crippen molar-refractivity contribution in [1.82, 2.24) is 10.1 Å². The lowest BCUT2D eigenvalue weighted by atomic mass is 10.0. The van der Waals surface area contributed by atoms with E-state index in [-0.39, 0.29) is 22.3 Å². The van der Waals surface area contributed by atoms with E-state index in [0.717, 1.165) is 0 Å². The van der Waals surface area contributed by atoms with Crippen molar-refractivity contribution in [2.24, 2.45) is 0 Å². The highest BCUT2D eigenvalue weighted by atomic mass is 35.5. The molecule has 2 heterocycles. The van der Waals surface area contributed by atoms with Gasteiger partial charge in [0.2, 0.25) is 0 Å². The van der Waals surface area contributed by atoms with Crippen LogP contribution in [-0.4, -0.2) is 54.2 Å². The van der Waals surface area contributed by atoms with Gasteiger partial charge in [-0.3, -0.25) is 14.9 Å². The number of hydrogen-bond acceptors (Lipinski definition) is 8. The summed E-state index contributed by atoms with van der Waals surface area (Å²) in [6.45, 7) is 3.51. The van der Waals surface area contributed by atoms with Crippen LogP contribution in [0, 0.1) is 17.0 Å². The fourth-order valence-electron chi connectivity index (χ4n) is 3.92. The molecule has 0 unspecified atom stereocenters. The number of halogens is 1. The van der Waals surface area contributed by atoms with Crippen molar-refractivity contribution in [3.8, 4) is 17.0 Å². The quantitative estimate of drug-likeness (QED) is 0.338. The zero-order chi connectivity index (χ0) is 23.7. The van der Waals surface area contributed by atoms with Crippen LogP contribution in [0.1, 0.15) is 16.1 Å². The highest BCUT2D eigenvalue weighted by molar-refractivity contribution is 6.33. The summed E-state index contributed by atoms with van der Waals surface area (Å²) in [7, 11) is 1.56. The van der Waals surface area contributed by atoms with E-state index in [1.807, 2.05) is 23.1 Å². The van der Waals surface area contributed by atoms with E-state index >= 15 is 0 Å². The number of nitro benzene ring substituents is 1. The molecule has 0 spiro atoms. The Morgan fingerprint density at radius 3 is 2.61 bits per heavy atom. The highest BCUT2D eigenvalue weighted by Crippen LogP contribution is 2.36. The molecule has 3 aromatic rings. The van der Waals surface area contributed by atoms with Crippen LogP contribution in [0.15, 0.2) is 40.9 Å². The van der Waals surface area contributed by atoms with Crippen LogP contribution in [0.4, 0.5) is 17.1 Å². The smallest absolute Gasteiger partial charge is 0.293 e. The predicted octanol–water partition coefficient (Wildman–Crippen LogP) is 3.76. The number of aryl methyl sites for hydroxylation is 1. The second-order valence-corrected chi connectivity index (χ2v) is 7.97. The summed E-state index contributed by atoms with van der Waals surface area (Å²) in [6, 6.07) is 10.1. The predicted molar refractivity (Wildman–Crippen MR) is 124 cm³/mol. The molecule has 1 saturated heterocycles. The number of piperazine rings is 1. The zero-order valence-electron chi connectivity index (χ0n) is 18.1. The Bertz CT molecular complexity index is 1220. The van der Waals surface area contributed by atoms with Gasteiger partial charge >= 0.3 is 0 Å². The van der Waals surface area contributed by atoms with Crippen molar-refractivity contribution in [2.45, 2.75) is 6.92 Å². The molecule has 11 heteroatoms. The fraction of sp³-hybridized carbons (Fsp3) is 0.273. The summed E-state index contributed by atoms with van der Waals surface area (Å²) in [5, 5.41) is 15.4. The van der Waals surface area contributed by atoms with Gasteiger partial charge in [-0.05, 0) is 25.1 Å². The number of nitro groups is 1. The Kier molecular flexibility index (Phi) is 6.10. The standard InChI is InChI=1S/C22H22ClN5O5/c1-13-20(21(25-33-13)14-5-3-4-6-19(14)32-2)22(29)27-9-7-26(8-10-27)17-12-16(24)18(28(30)31)11-15(17)23/h3-6,11-12H,7-10,24H2,1-2H3. The number of ether oxygens (including phenoxy) is 1. The number of benzene rings is 2. The van der Waals surface area contributed by atoms with E-state index in [1.54, 1.807) is 25.0 Å². The minimum atomic E-state index is -0.567. The minimum Gasteiger partial charge on any atom is -0.496 e. The number of carbonyl (C=O) groups excluding carboxylic acids is 1. The molecule has 0 atom stereocenters. The summed E-state index contributed by atoms with van der Waals surface area (Å²) in [6.07, 6.45) is 0. The molecular weight excluding hydrogens is 450 g/mol. The number of nitrogen functional groups attached to an aromatic ring is 1. The molecule has 2 aromatic carbocycles. The van der Waals surface area contributed by atoms with Gasteiger partial charge in [0, 0.05) is 37.8 Å². The SMILES string of the molecule is COc1ccccc1-c1noc(C)c1C(=O)N1CCN(c2cc(N)c([N+](=O)[O-])cc2Cl)CC1. The van der Waals surface area contributed by atoms with Crippen LogP contribution < -0.4 is 15.4 Å². The first kappa shape index (κ1) is 22.4. The van der Waals surface area contributed by atoms with Gasteiger partial charge in [-0.25, -0.2) is 0 Å². The molecule has 0 saturated carbocycles. The van der Waals surface area contributed by atoms with Gasteiger partial charge in [0.05, 0.1) is 22.7 Å².